The molecule has 0 saturated carbocycles. The Hall–Kier alpha value is -3.08. The van der Waals surface area contributed by atoms with E-state index in [0.29, 0.717) is 0 Å². The molecule has 3 N–H and O–H groups in total. The van der Waals surface area contributed by atoms with Crippen molar-refractivity contribution in [2.75, 3.05) is 19.5 Å². The lowest BCUT2D eigenvalue weighted by Gasteiger charge is -2.07. The van der Waals surface area contributed by atoms with Gasteiger partial charge in [0.2, 0.25) is 0 Å². The van der Waals surface area contributed by atoms with Gasteiger partial charge in [-0.2, -0.15) is 0 Å². The zero-order chi connectivity index (χ0) is 16.7. The molecule has 0 atom stereocenters. The summed E-state index contributed by atoms with van der Waals surface area (Å²) in [5.74, 6) is 2.41. The number of aromatic nitrogens is 2. The van der Waals surface area contributed by atoms with Gasteiger partial charge in [0.05, 0.1) is 19.9 Å². The van der Waals surface area contributed by atoms with Crippen LogP contribution in [0.4, 0.5) is 11.5 Å². The van der Waals surface area contributed by atoms with Crippen molar-refractivity contribution in [3.05, 3.63) is 48.0 Å². The van der Waals surface area contributed by atoms with Crippen LogP contribution in [0.5, 0.6) is 11.5 Å². The van der Waals surface area contributed by atoms with Crippen LogP contribution in [0.25, 0.3) is 22.0 Å². The molecule has 0 amide bonds. The predicted octanol–water partition coefficient (Wildman–Crippen LogP) is 4.67. The second-order valence-corrected chi connectivity index (χ2v) is 5.74. The maximum Gasteiger partial charge on any atom is 0.161 e. The normalized spacial score (nSPS) is 11.1. The monoisotopic (exact) mass is 321 g/mol. The number of hydrogen-bond donors (Lipinski definition) is 3. The molecule has 2 aromatic carbocycles. The highest BCUT2D eigenvalue weighted by Crippen LogP contribution is 2.45. The van der Waals surface area contributed by atoms with Crippen LogP contribution >= 0.6 is 0 Å². The molecule has 1 aliphatic heterocycles. The summed E-state index contributed by atoms with van der Waals surface area (Å²) < 4.78 is 10.9. The Morgan fingerprint density at radius 1 is 0.875 bits per heavy atom. The number of methoxy groups -OCH3 is 2. The first-order valence-corrected chi connectivity index (χ1v) is 7.79. The Labute approximate surface area is 139 Å². The number of fused-ring (bicyclic) bond motifs is 3. The standard InChI is InChI=1S/C19H19N3O2/c1-11-13-9-15(23-2)16(24-3)10-14(13)18-17(11)19(22-21-18)20-12-7-5-4-6-8-12/h4-10,20-22H,1-3H3. The first-order valence-electron chi connectivity index (χ1n) is 7.79. The summed E-state index contributed by atoms with van der Waals surface area (Å²) in [5, 5.41) is 12.2. The van der Waals surface area contributed by atoms with E-state index in [2.05, 4.69) is 22.4 Å². The van der Waals surface area contributed by atoms with Gasteiger partial charge in [0.25, 0.3) is 0 Å². The number of H-pyrrole nitrogens is 2. The fourth-order valence-corrected chi connectivity index (χ4v) is 3.24. The Kier molecular flexibility index (Phi) is 3.34. The number of nitrogens with one attached hydrogen (secondary N) is 3. The number of benzene rings is 2. The van der Waals surface area contributed by atoms with Crippen LogP contribution in [0.2, 0.25) is 0 Å². The van der Waals surface area contributed by atoms with Crippen LogP contribution < -0.4 is 14.8 Å². The number of ether oxygens (including phenoxy) is 2. The van der Waals surface area contributed by atoms with Gasteiger partial charge in [-0.25, -0.2) is 0 Å². The van der Waals surface area contributed by atoms with Crippen LogP contribution in [0.1, 0.15) is 5.56 Å². The first-order chi connectivity index (χ1) is 11.7. The average Bonchev–Trinajstić information content (AvgIpc) is 3.15. The molecule has 0 spiro atoms. The van der Waals surface area contributed by atoms with Gasteiger partial charge in [-0.05, 0) is 42.1 Å². The van der Waals surface area contributed by atoms with Gasteiger partial charge in [-0.3, -0.25) is 10.2 Å². The summed E-state index contributed by atoms with van der Waals surface area (Å²) in [5.41, 5.74) is 4.43. The molecule has 122 valence electrons. The second kappa shape index (κ2) is 5.53. The molecule has 0 aromatic heterocycles. The van der Waals surface area contributed by atoms with Crippen molar-refractivity contribution in [2.24, 2.45) is 0 Å². The molecule has 5 heteroatoms. The van der Waals surface area contributed by atoms with Crippen molar-refractivity contribution in [3.8, 4) is 22.8 Å². The summed E-state index contributed by atoms with van der Waals surface area (Å²) in [6, 6.07) is 14.1. The highest BCUT2D eigenvalue weighted by molar-refractivity contribution is 6.08. The Bertz CT molecular complexity index is 969. The molecule has 5 nitrogen and oxygen atoms in total. The molecule has 24 heavy (non-hydrogen) atoms. The summed E-state index contributed by atoms with van der Waals surface area (Å²) in [7, 11) is 3.31. The SMILES string of the molecule is COc1cc2c3[nH][nH]c(Nc4ccccc4)c-3c(C)c2cc1OC. The number of hydrogen-bond acceptors (Lipinski definition) is 3. The van der Waals surface area contributed by atoms with Crippen LogP contribution in [0.3, 0.4) is 0 Å². The van der Waals surface area contributed by atoms with E-state index in [4.69, 9.17) is 9.47 Å². The molecular formula is C19H19N3O2. The van der Waals surface area contributed by atoms with Crippen LogP contribution in [-0.4, -0.2) is 24.4 Å². The third kappa shape index (κ3) is 2.09. The van der Waals surface area contributed by atoms with E-state index in [9.17, 15) is 0 Å². The summed E-state index contributed by atoms with van der Waals surface area (Å²) in [4.78, 5) is 0. The van der Waals surface area contributed by atoms with Gasteiger partial charge < -0.3 is 14.8 Å². The van der Waals surface area contributed by atoms with Crippen molar-refractivity contribution in [1.82, 2.24) is 10.2 Å². The highest BCUT2D eigenvalue weighted by Gasteiger charge is 2.23. The average molecular weight is 321 g/mol. The van der Waals surface area contributed by atoms with Gasteiger partial charge in [0, 0.05) is 16.6 Å². The van der Waals surface area contributed by atoms with Gasteiger partial charge in [-0.1, -0.05) is 18.2 Å². The van der Waals surface area contributed by atoms with Crippen LogP contribution in [0, 0.1) is 6.92 Å². The molecule has 2 aliphatic rings. The zero-order valence-corrected chi connectivity index (χ0v) is 13.9. The maximum absolute atomic E-state index is 5.44. The summed E-state index contributed by atoms with van der Waals surface area (Å²) >= 11 is 0. The summed E-state index contributed by atoms with van der Waals surface area (Å²) in [6.07, 6.45) is 0. The molecule has 0 radical (unpaired) electrons. The lowest BCUT2D eigenvalue weighted by atomic mass is 10.1. The minimum atomic E-state index is 0.726. The summed E-state index contributed by atoms with van der Waals surface area (Å²) in [6.45, 7) is 2.12. The van der Waals surface area contributed by atoms with E-state index in [1.807, 2.05) is 42.5 Å². The van der Waals surface area contributed by atoms with E-state index in [1.54, 1.807) is 14.2 Å². The Balaban J connectivity index is 1.88. The second-order valence-electron chi connectivity index (χ2n) is 5.74. The van der Waals surface area contributed by atoms with Crippen LogP contribution in [-0.2, 0) is 0 Å². The van der Waals surface area contributed by atoms with Gasteiger partial charge >= 0.3 is 0 Å². The lowest BCUT2D eigenvalue weighted by Crippen LogP contribution is -1.91. The molecule has 2 aromatic rings. The van der Waals surface area contributed by atoms with E-state index in [1.165, 1.54) is 5.56 Å². The third-order valence-corrected chi connectivity index (χ3v) is 4.43. The quantitative estimate of drug-likeness (QED) is 0.512. The van der Waals surface area contributed by atoms with Crippen molar-refractivity contribution in [1.29, 1.82) is 0 Å². The van der Waals surface area contributed by atoms with E-state index < -0.39 is 0 Å². The molecular weight excluding hydrogens is 302 g/mol. The molecule has 1 aliphatic carbocycles. The lowest BCUT2D eigenvalue weighted by molar-refractivity contribution is 0.356. The van der Waals surface area contributed by atoms with Crippen molar-refractivity contribution in [3.63, 3.8) is 0 Å². The van der Waals surface area contributed by atoms with Crippen molar-refractivity contribution < 1.29 is 9.47 Å². The molecule has 0 saturated heterocycles. The molecule has 0 fully saturated rings. The predicted molar refractivity (Wildman–Crippen MR) is 96.8 cm³/mol. The van der Waals surface area contributed by atoms with Gasteiger partial charge in [0.1, 0.15) is 5.82 Å². The fraction of sp³-hybridized carbons (Fsp3) is 0.158. The number of anilines is 2. The number of aryl methyl sites for hydroxylation is 1. The molecule has 0 bridgehead atoms. The molecule has 4 rings (SSSR count). The van der Waals surface area contributed by atoms with Crippen molar-refractivity contribution >= 4 is 22.3 Å². The molecule has 0 unspecified atom stereocenters. The number of rotatable bonds is 4. The smallest absolute Gasteiger partial charge is 0.161 e. The minimum absolute atomic E-state index is 0.726. The van der Waals surface area contributed by atoms with Gasteiger partial charge in [-0.15, -0.1) is 0 Å². The zero-order valence-electron chi connectivity index (χ0n) is 13.9. The third-order valence-electron chi connectivity index (χ3n) is 4.43. The number of para-hydroxylation sites is 1. The van der Waals surface area contributed by atoms with E-state index >= 15 is 0 Å². The maximum atomic E-state index is 5.44. The largest absolute Gasteiger partial charge is 0.493 e. The first kappa shape index (κ1) is 14.5. The minimum Gasteiger partial charge on any atom is -0.493 e. The Morgan fingerprint density at radius 3 is 2.21 bits per heavy atom. The van der Waals surface area contributed by atoms with E-state index in [0.717, 1.165) is 45.0 Å². The number of aromatic amines is 2. The highest BCUT2D eigenvalue weighted by atomic mass is 16.5. The van der Waals surface area contributed by atoms with Crippen molar-refractivity contribution in [2.45, 2.75) is 6.92 Å². The topological polar surface area (TPSA) is 62.1 Å². The Morgan fingerprint density at radius 2 is 1.54 bits per heavy atom. The van der Waals surface area contributed by atoms with Crippen LogP contribution in [0.15, 0.2) is 42.5 Å². The molecule has 1 heterocycles. The van der Waals surface area contributed by atoms with Gasteiger partial charge in [0.15, 0.2) is 11.5 Å². The fourth-order valence-electron chi connectivity index (χ4n) is 3.24. The van der Waals surface area contributed by atoms with E-state index in [-0.39, 0.29) is 0 Å².